The van der Waals surface area contributed by atoms with Gasteiger partial charge < -0.3 is 15.1 Å². The lowest BCUT2D eigenvalue weighted by Crippen LogP contribution is -2.49. The van der Waals surface area contributed by atoms with Crippen LogP contribution in [0.2, 0.25) is 0 Å². The Bertz CT molecular complexity index is 738. The molecule has 0 bridgehead atoms. The van der Waals surface area contributed by atoms with Gasteiger partial charge in [-0.1, -0.05) is 31.9 Å². The first-order chi connectivity index (χ1) is 13.2. The summed E-state index contributed by atoms with van der Waals surface area (Å²) in [7, 11) is 0. The van der Waals surface area contributed by atoms with E-state index >= 15 is 0 Å². The maximum absolute atomic E-state index is 12.7. The summed E-state index contributed by atoms with van der Waals surface area (Å²) in [6.07, 6.45) is 3.51. The first-order valence-electron chi connectivity index (χ1n) is 9.86. The second-order valence-electron chi connectivity index (χ2n) is 7.06. The topological polar surface area (TPSA) is 61.4 Å². The van der Waals surface area contributed by atoms with Crippen molar-refractivity contribution >= 4 is 17.4 Å². The Kier molecular flexibility index (Phi) is 6.63. The Morgan fingerprint density at radius 3 is 2.56 bits per heavy atom. The van der Waals surface area contributed by atoms with Crippen LogP contribution in [0, 0.1) is 6.92 Å². The summed E-state index contributed by atoms with van der Waals surface area (Å²) in [5, 5.41) is 11.5. The Balaban J connectivity index is 1.51. The zero-order valence-electron chi connectivity index (χ0n) is 16.3. The van der Waals surface area contributed by atoms with Crippen molar-refractivity contribution in [3.05, 3.63) is 47.7 Å². The zero-order chi connectivity index (χ0) is 19.1. The van der Waals surface area contributed by atoms with Gasteiger partial charge in [-0.15, -0.1) is 10.2 Å². The van der Waals surface area contributed by atoms with E-state index in [1.807, 2.05) is 11.0 Å². The lowest BCUT2D eigenvalue weighted by molar-refractivity contribution is 0.0739. The third-order valence-corrected chi connectivity index (χ3v) is 4.90. The molecule has 1 N–H and O–H groups in total. The summed E-state index contributed by atoms with van der Waals surface area (Å²) < 4.78 is 0. The molecule has 0 saturated carbocycles. The standard InChI is InChI=1S/C21H29N5O/c1-3-4-5-11-22-20-10-9-19(23-24-20)21(27)26-14-12-25(13-15-26)18-8-6-7-17(2)16-18/h6-10,16H,3-5,11-15H2,1-2H3,(H,22,24). The number of carbonyl (C=O) groups excluding carboxylic acids is 1. The van der Waals surface area contributed by atoms with E-state index < -0.39 is 0 Å². The van der Waals surface area contributed by atoms with Crippen molar-refractivity contribution < 1.29 is 4.79 Å². The molecule has 144 valence electrons. The minimum atomic E-state index is -0.0380. The van der Waals surface area contributed by atoms with Gasteiger partial charge in [0.2, 0.25) is 0 Å². The molecule has 1 amide bonds. The summed E-state index contributed by atoms with van der Waals surface area (Å²) in [5.74, 6) is 0.691. The fourth-order valence-corrected chi connectivity index (χ4v) is 3.29. The molecule has 0 atom stereocenters. The number of carbonyl (C=O) groups is 1. The highest BCUT2D eigenvalue weighted by atomic mass is 16.2. The van der Waals surface area contributed by atoms with E-state index in [0.29, 0.717) is 18.8 Å². The van der Waals surface area contributed by atoms with E-state index in [9.17, 15) is 4.79 Å². The van der Waals surface area contributed by atoms with E-state index in [1.165, 1.54) is 24.1 Å². The van der Waals surface area contributed by atoms with Crippen molar-refractivity contribution in [3.63, 3.8) is 0 Å². The number of benzene rings is 1. The van der Waals surface area contributed by atoms with E-state index in [2.05, 4.69) is 58.5 Å². The summed E-state index contributed by atoms with van der Waals surface area (Å²) in [5.41, 5.74) is 2.89. The third kappa shape index (κ3) is 5.18. The van der Waals surface area contributed by atoms with E-state index in [-0.39, 0.29) is 5.91 Å². The molecule has 2 aromatic rings. The van der Waals surface area contributed by atoms with Crippen molar-refractivity contribution in [2.45, 2.75) is 33.1 Å². The summed E-state index contributed by atoms with van der Waals surface area (Å²) in [4.78, 5) is 16.9. The first kappa shape index (κ1) is 19.1. The predicted octanol–water partition coefficient (Wildman–Crippen LogP) is 3.35. The molecule has 3 rings (SSSR count). The smallest absolute Gasteiger partial charge is 0.274 e. The highest BCUT2D eigenvalue weighted by molar-refractivity contribution is 5.92. The predicted molar refractivity (Wildman–Crippen MR) is 109 cm³/mol. The number of amides is 1. The number of hydrogen-bond donors (Lipinski definition) is 1. The molecule has 1 aromatic carbocycles. The maximum atomic E-state index is 12.7. The fourth-order valence-electron chi connectivity index (χ4n) is 3.29. The number of aromatic nitrogens is 2. The molecule has 1 aliphatic rings. The van der Waals surface area contributed by atoms with Crippen LogP contribution in [0.1, 0.15) is 42.2 Å². The van der Waals surface area contributed by atoms with E-state index in [4.69, 9.17) is 0 Å². The summed E-state index contributed by atoms with van der Waals surface area (Å²) in [6.45, 7) is 8.23. The molecule has 0 spiro atoms. The minimum Gasteiger partial charge on any atom is -0.369 e. The van der Waals surface area contributed by atoms with Crippen molar-refractivity contribution in [1.82, 2.24) is 15.1 Å². The second kappa shape index (κ2) is 9.35. The molecule has 6 heteroatoms. The molecule has 0 aliphatic carbocycles. The van der Waals surface area contributed by atoms with Crippen LogP contribution in [0.25, 0.3) is 0 Å². The number of nitrogens with one attached hydrogen (secondary N) is 1. The van der Waals surface area contributed by atoms with Gasteiger partial charge in [-0.25, -0.2) is 0 Å². The molecular weight excluding hydrogens is 338 g/mol. The normalized spacial score (nSPS) is 14.3. The highest BCUT2D eigenvalue weighted by Gasteiger charge is 2.23. The molecule has 0 radical (unpaired) electrons. The highest BCUT2D eigenvalue weighted by Crippen LogP contribution is 2.18. The van der Waals surface area contributed by atoms with Crippen LogP contribution in [0.15, 0.2) is 36.4 Å². The number of hydrogen-bond acceptors (Lipinski definition) is 5. The molecule has 1 aliphatic heterocycles. The minimum absolute atomic E-state index is 0.0380. The molecule has 1 aromatic heterocycles. The van der Waals surface area contributed by atoms with Gasteiger partial charge in [-0.05, 0) is 43.2 Å². The number of anilines is 2. The van der Waals surface area contributed by atoms with Crippen molar-refractivity contribution in [2.75, 3.05) is 42.9 Å². The second-order valence-corrected chi connectivity index (χ2v) is 7.06. The Morgan fingerprint density at radius 2 is 1.89 bits per heavy atom. The SMILES string of the molecule is CCCCCNc1ccc(C(=O)N2CCN(c3cccc(C)c3)CC2)nn1. The molecule has 6 nitrogen and oxygen atoms in total. The average molecular weight is 367 g/mol. The largest absolute Gasteiger partial charge is 0.369 e. The van der Waals surface area contributed by atoms with Crippen LogP contribution in [0.5, 0.6) is 0 Å². The first-order valence-corrected chi connectivity index (χ1v) is 9.86. The number of piperazine rings is 1. The molecule has 2 heterocycles. The van der Waals surface area contributed by atoms with Crippen LogP contribution >= 0.6 is 0 Å². The van der Waals surface area contributed by atoms with E-state index in [1.54, 1.807) is 6.07 Å². The molecule has 27 heavy (non-hydrogen) atoms. The summed E-state index contributed by atoms with van der Waals surface area (Å²) >= 11 is 0. The fraction of sp³-hybridized carbons (Fsp3) is 0.476. The van der Waals surface area contributed by atoms with Crippen LogP contribution in [-0.2, 0) is 0 Å². The van der Waals surface area contributed by atoms with Gasteiger partial charge >= 0.3 is 0 Å². The van der Waals surface area contributed by atoms with Gasteiger partial charge in [0.1, 0.15) is 5.82 Å². The van der Waals surface area contributed by atoms with Crippen molar-refractivity contribution in [2.24, 2.45) is 0 Å². The van der Waals surface area contributed by atoms with Gasteiger partial charge in [0.05, 0.1) is 0 Å². The van der Waals surface area contributed by atoms with Gasteiger partial charge in [0.15, 0.2) is 5.69 Å². The molecule has 1 saturated heterocycles. The Labute approximate surface area is 161 Å². The van der Waals surface area contributed by atoms with Gasteiger partial charge in [0.25, 0.3) is 5.91 Å². The average Bonchev–Trinajstić information content (AvgIpc) is 2.71. The lowest BCUT2D eigenvalue weighted by Gasteiger charge is -2.36. The number of unbranched alkanes of at least 4 members (excludes halogenated alkanes) is 2. The Hall–Kier alpha value is -2.63. The number of rotatable bonds is 7. The van der Waals surface area contributed by atoms with Crippen LogP contribution in [0.3, 0.4) is 0 Å². The van der Waals surface area contributed by atoms with Crippen LogP contribution < -0.4 is 10.2 Å². The van der Waals surface area contributed by atoms with Gasteiger partial charge in [-0.3, -0.25) is 4.79 Å². The van der Waals surface area contributed by atoms with Crippen LogP contribution in [0.4, 0.5) is 11.5 Å². The van der Waals surface area contributed by atoms with Crippen molar-refractivity contribution in [3.8, 4) is 0 Å². The number of nitrogens with zero attached hydrogens (tertiary/aromatic N) is 4. The monoisotopic (exact) mass is 367 g/mol. The van der Waals surface area contributed by atoms with Crippen molar-refractivity contribution in [1.29, 1.82) is 0 Å². The number of aryl methyl sites for hydroxylation is 1. The third-order valence-electron chi connectivity index (χ3n) is 4.90. The molecule has 0 unspecified atom stereocenters. The van der Waals surface area contributed by atoms with Gasteiger partial charge in [-0.2, -0.15) is 0 Å². The lowest BCUT2D eigenvalue weighted by atomic mass is 10.2. The molecule has 1 fully saturated rings. The quantitative estimate of drug-likeness (QED) is 0.761. The zero-order valence-corrected chi connectivity index (χ0v) is 16.3. The summed E-state index contributed by atoms with van der Waals surface area (Å²) in [6, 6.07) is 12.1. The van der Waals surface area contributed by atoms with Gasteiger partial charge in [0, 0.05) is 38.4 Å². The maximum Gasteiger partial charge on any atom is 0.274 e. The molecular formula is C21H29N5O. The van der Waals surface area contributed by atoms with Crippen LogP contribution in [-0.4, -0.2) is 53.7 Å². The Morgan fingerprint density at radius 1 is 1.07 bits per heavy atom. The van der Waals surface area contributed by atoms with E-state index in [0.717, 1.165) is 31.9 Å².